The van der Waals surface area contributed by atoms with Crippen molar-refractivity contribution in [3.05, 3.63) is 212 Å². The number of rotatable bonds is 6. The maximum atomic E-state index is 2.57. The van der Waals surface area contributed by atoms with Crippen LogP contribution in [0.1, 0.15) is 113 Å². The monoisotopic (exact) mass is 844 g/mol. The van der Waals surface area contributed by atoms with Crippen molar-refractivity contribution in [2.45, 2.75) is 99.8 Å². The molecule has 0 fully saturated rings. The van der Waals surface area contributed by atoms with E-state index in [1.807, 2.05) is 0 Å². The third kappa shape index (κ3) is 6.43. The zero-order chi connectivity index (χ0) is 45.4. The Morgan fingerprint density at radius 1 is 0.308 bits per heavy atom. The maximum absolute atomic E-state index is 2.57. The summed E-state index contributed by atoms with van der Waals surface area (Å²) in [5, 5.41) is 0. The first kappa shape index (κ1) is 41.1. The number of fused-ring (bicyclic) bond motifs is 9. The molecule has 2 heteroatoms. The van der Waals surface area contributed by atoms with Gasteiger partial charge in [0, 0.05) is 50.9 Å². The van der Waals surface area contributed by atoms with Crippen LogP contribution >= 0.6 is 0 Å². The molecule has 3 aliphatic carbocycles. The molecular weight excluding hydrogens is 785 g/mol. The van der Waals surface area contributed by atoms with Crippen molar-refractivity contribution in [1.82, 2.24) is 0 Å². The molecule has 322 valence electrons. The highest BCUT2D eigenvalue weighted by Crippen LogP contribution is 2.59. The fraction of sp³-hybridized carbons (Fsp3) is 0.238. The van der Waals surface area contributed by atoms with Crippen LogP contribution in [0.5, 0.6) is 0 Å². The van der Waals surface area contributed by atoms with Gasteiger partial charge in [-0.25, -0.2) is 0 Å². The van der Waals surface area contributed by atoms with Gasteiger partial charge in [0.05, 0.1) is 0 Å². The van der Waals surface area contributed by atoms with E-state index >= 15 is 0 Å². The van der Waals surface area contributed by atoms with Crippen LogP contribution in [-0.4, -0.2) is 0 Å². The van der Waals surface area contributed by atoms with E-state index in [-0.39, 0.29) is 16.7 Å². The number of nitrogens with zero attached hydrogens (tertiary/aromatic N) is 2. The standard InChI is InChI=1S/C63H60N2/c1-36-14-13-15-44(23-36)64(47-24-37(2)20-38(3)25-47)46-17-19-51-56-34-61-57(35-60(56)62(9,10)58(51)31-46)55-32-53-43(8)52-30-45(16-18-50(52)54(53)33-59(55)63(61,11)12)65(48-26-39(4)21-40(5)27-48)49-28-41(6)22-42(7)29-49/h13-35,43H,1-12H3. The molecule has 0 amide bonds. The van der Waals surface area contributed by atoms with E-state index in [0.717, 1.165) is 0 Å². The Morgan fingerprint density at radius 2 is 0.677 bits per heavy atom. The van der Waals surface area contributed by atoms with E-state index < -0.39 is 0 Å². The summed E-state index contributed by atoms with van der Waals surface area (Å²) < 4.78 is 0. The van der Waals surface area contributed by atoms with E-state index in [0.29, 0.717) is 0 Å². The summed E-state index contributed by atoms with van der Waals surface area (Å²) in [5.41, 5.74) is 32.5. The van der Waals surface area contributed by atoms with Crippen molar-refractivity contribution in [3.63, 3.8) is 0 Å². The summed E-state index contributed by atoms with van der Waals surface area (Å²) in [4.78, 5) is 4.90. The van der Waals surface area contributed by atoms with Gasteiger partial charge in [-0.05, 0) is 251 Å². The lowest BCUT2D eigenvalue weighted by atomic mass is 9.79. The minimum absolute atomic E-state index is 0.151. The van der Waals surface area contributed by atoms with Crippen LogP contribution in [0, 0.1) is 48.5 Å². The summed E-state index contributed by atoms with van der Waals surface area (Å²) in [6, 6.07) is 54.3. The molecule has 0 heterocycles. The van der Waals surface area contributed by atoms with Crippen molar-refractivity contribution < 1.29 is 0 Å². The molecule has 0 bridgehead atoms. The van der Waals surface area contributed by atoms with Gasteiger partial charge in [-0.15, -0.1) is 0 Å². The van der Waals surface area contributed by atoms with Crippen LogP contribution in [0.15, 0.2) is 140 Å². The van der Waals surface area contributed by atoms with Crippen LogP contribution in [-0.2, 0) is 10.8 Å². The highest BCUT2D eigenvalue weighted by Gasteiger charge is 2.43. The van der Waals surface area contributed by atoms with Crippen LogP contribution < -0.4 is 9.80 Å². The lowest BCUT2D eigenvalue weighted by Gasteiger charge is -2.29. The Morgan fingerprint density at radius 3 is 1.18 bits per heavy atom. The average molecular weight is 845 g/mol. The van der Waals surface area contributed by atoms with Crippen molar-refractivity contribution in [2.24, 2.45) is 0 Å². The quantitative estimate of drug-likeness (QED) is 0.165. The second-order valence-corrected chi connectivity index (χ2v) is 20.9. The third-order valence-corrected chi connectivity index (χ3v) is 15.1. The van der Waals surface area contributed by atoms with Gasteiger partial charge >= 0.3 is 0 Å². The van der Waals surface area contributed by atoms with Gasteiger partial charge in [-0.2, -0.15) is 0 Å². The highest BCUT2D eigenvalue weighted by atomic mass is 15.1. The van der Waals surface area contributed by atoms with Gasteiger partial charge in [0.2, 0.25) is 0 Å². The van der Waals surface area contributed by atoms with Gasteiger partial charge in [0.25, 0.3) is 0 Å². The van der Waals surface area contributed by atoms with E-state index in [4.69, 9.17) is 0 Å². The number of hydrogen-bond donors (Lipinski definition) is 0. The van der Waals surface area contributed by atoms with E-state index in [9.17, 15) is 0 Å². The van der Waals surface area contributed by atoms with E-state index in [1.165, 1.54) is 140 Å². The molecule has 2 nitrogen and oxygen atoms in total. The largest absolute Gasteiger partial charge is 0.310 e. The molecule has 8 aromatic carbocycles. The lowest BCUT2D eigenvalue weighted by molar-refractivity contribution is 0.652. The summed E-state index contributed by atoms with van der Waals surface area (Å²) >= 11 is 0. The molecule has 0 aliphatic heterocycles. The number of hydrogen-bond acceptors (Lipinski definition) is 2. The maximum Gasteiger partial charge on any atom is 0.0466 e. The normalized spacial score (nSPS) is 15.5. The van der Waals surface area contributed by atoms with Gasteiger partial charge in [-0.1, -0.05) is 77.1 Å². The minimum Gasteiger partial charge on any atom is -0.310 e. The zero-order valence-electron chi connectivity index (χ0n) is 40.3. The second-order valence-electron chi connectivity index (χ2n) is 20.9. The molecule has 1 atom stereocenters. The summed E-state index contributed by atoms with van der Waals surface area (Å²) in [6.07, 6.45) is 0. The molecule has 0 aromatic heterocycles. The Labute approximate surface area is 387 Å². The van der Waals surface area contributed by atoms with Gasteiger partial charge in [0.1, 0.15) is 0 Å². The van der Waals surface area contributed by atoms with E-state index in [2.05, 4.69) is 232 Å². The molecule has 0 radical (unpaired) electrons. The summed E-state index contributed by atoms with van der Waals surface area (Å²) in [5.74, 6) is 0.264. The highest BCUT2D eigenvalue weighted by molar-refractivity contribution is 5.94. The number of benzene rings is 8. The first-order valence-corrected chi connectivity index (χ1v) is 23.5. The van der Waals surface area contributed by atoms with Crippen LogP contribution in [0.3, 0.4) is 0 Å². The van der Waals surface area contributed by atoms with Crippen molar-refractivity contribution in [2.75, 3.05) is 9.80 Å². The SMILES string of the molecule is Cc1cccc(N(c2cc(C)cc(C)c2)c2ccc3c(c2)C(C)(C)c2cc4c(cc2-3)C(C)(C)c2cc3c(cc2-4)C(C)c2cc(N(c4cc(C)cc(C)c4)c4cc(C)cc(C)c4)ccc2-3)c1. The zero-order valence-corrected chi connectivity index (χ0v) is 40.3. The number of aryl methyl sites for hydroxylation is 7. The van der Waals surface area contributed by atoms with Gasteiger partial charge in [0.15, 0.2) is 0 Å². The Bertz CT molecular complexity index is 3210. The first-order chi connectivity index (χ1) is 31.0. The predicted octanol–water partition coefficient (Wildman–Crippen LogP) is 17.5. The Hall–Kier alpha value is -6.64. The van der Waals surface area contributed by atoms with Crippen LogP contribution in [0.2, 0.25) is 0 Å². The van der Waals surface area contributed by atoms with Gasteiger partial charge in [-0.3, -0.25) is 0 Å². The van der Waals surface area contributed by atoms with Crippen molar-refractivity contribution in [3.8, 4) is 33.4 Å². The van der Waals surface area contributed by atoms with Crippen LogP contribution in [0.25, 0.3) is 33.4 Å². The lowest BCUT2D eigenvalue weighted by Crippen LogP contribution is -2.17. The summed E-state index contributed by atoms with van der Waals surface area (Å²) in [6.45, 7) is 27.6. The van der Waals surface area contributed by atoms with Crippen molar-refractivity contribution >= 4 is 34.1 Å². The van der Waals surface area contributed by atoms with Gasteiger partial charge < -0.3 is 9.80 Å². The minimum atomic E-state index is -0.183. The topological polar surface area (TPSA) is 6.48 Å². The molecule has 0 saturated heterocycles. The fourth-order valence-corrected chi connectivity index (χ4v) is 12.1. The third-order valence-electron chi connectivity index (χ3n) is 15.1. The Kier molecular flexibility index (Phi) is 9.12. The molecule has 8 aromatic rings. The average Bonchev–Trinajstić information content (AvgIpc) is 3.73. The molecule has 0 spiro atoms. The molecule has 3 aliphatic rings. The smallest absolute Gasteiger partial charge is 0.0466 e. The first-order valence-electron chi connectivity index (χ1n) is 23.5. The molecule has 0 saturated carbocycles. The van der Waals surface area contributed by atoms with E-state index in [1.54, 1.807) is 0 Å². The molecule has 11 rings (SSSR count). The van der Waals surface area contributed by atoms with Crippen LogP contribution in [0.4, 0.5) is 34.1 Å². The molecular formula is C63H60N2. The molecule has 65 heavy (non-hydrogen) atoms. The number of anilines is 6. The molecule has 1 unspecified atom stereocenters. The van der Waals surface area contributed by atoms with Crippen molar-refractivity contribution in [1.29, 1.82) is 0 Å². The molecule has 0 N–H and O–H groups in total. The predicted molar refractivity (Wildman–Crippen MR) is 277 cm³/mol. The Balaban J connectivity index is 0.993. The fourth-order valence-electron chi connectivity index (χ4n) is 12.1. The second kappa shape index (κ2) is 14.4. The summed E-state index contributed by atoms with van der Waals surface area (Å²) in [7, 11) is 0.